The van der Waals surface area contributed by atoms with E-state index in [2.05, 4.69) is 9.89 Å². The van der Waals surface area contributed by atoms with Crippen molar-refractivity contribution in [2.75, 3.05) is 23.8 Å². The van der Waals surface area contributed by atoms with Crippen LogP contribution in [0, 0.1) is 0 Å². The zero-order chi connectivity index (χ0) is 15.4. The number of hydrogen-bond acceptors (Lipinski definition) is 4. The number of amidine groups is 1. The number of carbonyl (C=O) groups excluding carboxylic acids is 1. The molecule has 0 bridgehead atoms. The average molecular weight is 351 g/mol. The van der Waals surface area contributed by atoms with Crippen molar-refractivity contribution in [2.24, 2.45) is 4.99 Å². The van der Waals surface area contributed by atoms with Gasteiger partial charge in [-0.15, -0.1) is 0 Å². The molecule has 1 saturated heterocycles. The van der Waals surface area contributed by atoms with Gasteiger partial charge in [0.05, 0.1) is 5.75 Å². The van der Waals surface area contributed by atoms with E-state index >= 15 is 0 Å². The summed E-state index contributed by atoms with van der Waals surface area (Å²) in [5.74, 6) is 2.31. The van der Waals surface area contributed by atoms with Crippen molar-refractivity contribution in [1.82, 2.24) is 4.90 Å². The summed E-state index contributed by atoms with van der Waals surface area (Å²) in [6.45, 7) is 0.866. The number of rotatable bonds is 2. The Morgan fingerprint density at radius 1 is 1.27 bits per heavy atom. The second-order valence-corrected chi connectivity index (χ2v) is 7.34. The molecule has 0 radical (unpaired) electrons. The summed E-state index contributed by atoms with van der Waals surface area (Å²) in [5, 5.41) is 1.49. The van der Waals surface area contributed by atoms with Crippen molar-refractivity contribution in [1.29, 1.82) is 0 Å². The molecule has 1 fully saturated rings. The van der Waals surface area contributed by atoms with Crippen LogP contribution in [-0.4, -0.2) is 39.8 Å². The van der Waals surface area contributed by atoms with E-state index in [1.54, 1.807) is 0 Å². The molecule has 2 aliphatic rings. The van der Waals surface area contributed by atoms with Crippen LogP contribution >= 0.6 is 35.1 Å². The van der Waals surface area contributed by atoms with Crippen molar-refractivity contribution < 1.29 is 4.79 Å². The predicted octanol–water partition coefficient (Wildman–Crippen LogP) is 3.83. The second-order valence-electron chi connectivity index (χ2n) is 4.86. The molecule has 0 atom stereocenters. The molecule has 2 aliphatic heterocycles. The molecule has 1 amide bonds. The minimum Gasteiger partial charge on any atom is -0.323 e. The molecule has 1 aromatic rings. The van der Waals surface area contributed by atoms with Gasteiger partial charge in [0.25, 0.3) is 5.91 Å². The van der Waals surface area contributed by atoms with Gasteiger partial charge in [0.15, 0.2) is 5.17 Å². The van der Waals surface area contributed by atoms with E-state index in [9.17, 15) is 4.79 Å². The predicted molar refractivity (Wildman–Crippen MR) is 97.3 cm³/mol. The molecule has 1 aromatic carbocycles. The average Bonchev–Trinajstić information content (AvgIpc) is 2.95. The van der Waals surface area contributed by atoms with Gasteiger partial charge >= 0.3 is 0 Å². The standard InChI is InChI=1S/C16H15ClN2OS2/c17-13(8-12-4-2-1-3-5-12)9-14-10-21-7-6-19(14)16-18-15(20)11-22-16/h1-5,8-9H,6-7,10-11H2/b13-8-,14-9+. The summed E-state index contributed by atoms with van der Waals surface area (Å²) in [6.07, 6.45) is 3.92. The van der Waals surface area contributed by atoms with Crippen LogP contribution in [0.5, 0.6) is 0 Å². The van der Waals surface area contributed by atoms with Crippen molar-refractivity contribution in [3.63, 3.8) is 0 Å². The Balaban J connectivity index is 1.82. The highest BCUT2D eigenvalue weighted by Gasteiger charge is 2.25. The minimum absolute atomic E-state index is 0.0523. The van der Waals surface area contributed by atoms with Gasteiger partial charge < -0.3 is 4.90 Å². The lowest BCUT2D eigenvalue weighted by Gasteiger charge is -2.30. The maximum absolute atomic E-state index is 11.4. The third-order valence-electron chi connectivity index (χ3n) is 3.24. The fourth-order valence-corrected chi connectivity index (χ4v) is 4.24. The molecule has 0 aliphatic carbocycles. The molecule has 2 heterocycles. The highest BCUT2D eigenvalue weighted by Crippen LogP contribution is 2.28. The topological polar surface area (TPSA) is 32.7 Å². The Morgan fingerprint density at radius 2 is 2.09 bits per heavy atom. The summed E-state index contributed by atoms with van der Waals surface area (Å²) in [7, 11) is 0. The molecule has 0 unspecified atom stereocenters. The lowest BCUT2D eigenvalue weighted by molar-refractivity contribution is -0.115. The maximum atomic E-state index is 11.4. The fraction of sp³-hybridized carbons (Fsp3) is 0.250. The van der Waals surface area contributed by atoms with Crippen LogP contribution in [0.1, 0.15) is 5.56 Å². The van der Waals surface area contributed by atoms with E-state index in [4.69, 9.17) is 11.6 Å². The molecule has 0 N–H and O–H groups in total. The van der Waals surface area contributed by atoms with Crippen LogP contribution in [0.15, 0.2) is 52.1 Å². The lowest BCUT2D eigenvalue weighted by Crippen LogP contribution is -2.34. The SMILES string of the molecule is O=C1CSC(N2CCSC/C2=C\C(Cl)=C\c2ccccc2)=N1. The quantitative estimate of drug-likeness (QED) is 0.811. The Labute approximate surface area is 143 Å². The normalized spacial score (nSPS) is 21.4. The third-order valence-corrected chi connectivity index (χ3v) is 5.39. The number of nitrogens with zero attached hydrogens (tertiary/aromatic N) is 2. The number of thioether (sulfide) groups is 2. The second kappa shape index (κ2) is 7.40. The first kappa shape index (κ1) is 15.7. The molecular formula is C16H15ClN2OS2. The van der Waals surface area contributed by atoms with E-state index in [1.807, 2.05) is 54.2 Å². The van der Waals surface area contributed by atoms with Gasteiger partial charge in [0.2, 0.25) is 0 Å². The first-order valence-corrected chi connectivity index (χ1v) is 9.46. The Bertz CT molecular complexity index is 655. The molecule has 0 saturated carbocycles. The Hall–Kier alpha value is -1.17. The van der Waals surface area contributed by atoms with E-state index < -0.39 is 0 Å². The smallest absolute Gasteiger partial charge is 0.258 e. The van der Waals surface area contributed by atoms with Crippen LogP contribution in [-0.2, 0) is 4.79 Å². The molecule has 3 rings (SSSR count). The highest BCUT2D eigenvalue weighted by molar-refractivity contribution is 8.14. The first-order valence-electron chi connectivity index (χ1n) is 6.95. The number of hydrogen-bond donors (Lipinski definition) is 0. The molecule has 6 heteroatoms. The molecule has 0 spiro atoms. The van der Waals surface area contributed by atoms with Gasteiger partial charge in [0, 0.05) is 28.8 Å². The monoisotopic (exact) mass is 350 g/mol. The van der Waals surface area contributed by atoms with Gasteiger partial charge in [-0.05, 0) is 17.7 Å². The van der Waals surface area contributed by atoms with Gasteiger partial charge in [-0.2, -0.15) is 16.8 Å². The number of carbonyl (C=O) groups is 1. The van der Waals surface area contributed by atoms with Crippen LogP contribution in [0.2, 0.25) is 0 Å². The summed E-state index contributed by atoms with van der Waals surface area (Å²) in [6, 6.07) is 9.99. The van der Waals surface area contributed by atoms with Gasteiger partial charge in [-0.1, -0.05) is 53.7 Å². The summed E-state index contributed by atoms with van der Waals surface area (Å²) < 4.78 is 0. The number of aliphatic imine (C=N–C) groups is 1. The first-order chi connectivity index (χ1) is 10.7. The Morgan fingerprint density at radius 3 is 2.82 bits per heavy atom. The van der Waals surface area contributed by atoms with Crippen LogP contribution in [0.3, 0.4) is 0 Å². The van der Waals surface area contributed by atoms with Crippen molar-refractivity contribution in [2.45, 2.75) is 0 Å². The van der Waals surface area contributed by atoms with Crippen molar-refractivity contribution in [3.8, 4) is 0 Å². The molecule has 3 nitrogen and oxygen atoms in total. The Kier molecular flexibility index (Phi) is 5.28. The van der Waals surface area contributed by atoms with Crippen molar-refractivity contribution in [3.05, 3.63) is 52.7 Å². The molecule has 114 valence electrons. The number of benzene rings is 1. The van der Waals surface area contributed by atoms with E-state index in [-0.39, 0.29) is 5.91 Å². The summed E-state index contributed by atoms with van der Waals surface area (Å²) in [5.41, 5.74) is 2.18. The lowest BCUT2D eigenvalue weighted by atomic mass is 10.2. The van der Waals surface area contributed by atoms with Gasteiger partial charge in [0.1, 0.15) is 0 Å². The number of amides is 1. The molecular weight excluding hydrogens is 336 g/mol. The zero-order valence-electron chi connectivity index (χ0n) is 11.9. The minimum atomic E-state index is -0.0523. The molecule has 0 aromatic heterocycles. The zero-order valence-corrected chi connectivity index (χ0v) is 14.3. The van der Waals surface area contributed by atoms with E-state index in [1.165, 1.54) is 11.8 Å². The number of allylic oxidation sites excluding steroid dienone is 2. The maximum Gasteiger partial charge on any atom is 0.258 e. The summed E-state index contributed by atoms with van der Waals surface area (Å²) in [4.78, 5) is 17.6. The van der Waals surface area contributed by atoms with Crippen molar-refractivity contribution >= 4 is 52.3 Å². The fourth-order valence-electron chi connectivity index (χ4n) is 2.24. The largest absolute Gasteiger partial charge is 0.323 e. The molecule has 22 heavy (non-hydrogen) atoms. The number of halogens is 1. The van der Waals surface area contributed by atoms with Gasteiger partial charge in [-0.25, -0.2) is 0 Å². The van der Waals surface area contributed by atoms with Crippen LogP contribution in [0.4, 0.5) is 0 Å². The summed E-state index contributed by atoms with van der Waals surface area (Å²) >= 11 is 9.76. The van der Waals surface area contributed by atoms with E-state index in [0.717, 1.165) is 34.5 Å². The van der Waals surface area contributed by atoms with Crippen LogP contribution < -0.4 is 0 Å². The van der Waals surface area contributed by atoms with Gasteiger partial charge in [-0.3, -0.25) is 4.79 Å². The third kappa shape index (κ3) is 3.97. The van der Waals surface area contributed by atoms with Crippen LogP contribution in [0.25, 0.3) is 6.08 Å². The van der Waals surface area contributed by atoms with E-state index in [0.29, 0.717) is 10.8 Å². The highest BCUT2D eigenvalue weighted by atomic mass is 35.5.